The molecule has 11 heteroatoms. The van der Waals surface area contributed by atoms with Crippen LogP contribution in [0.15, 0.2) is 66.7 Å². The molecule has 0 aromatic heterocycles. The van der Waals surface area contributed by atoms with Gasteiger partial charge < -0.3 is 36.4 Å². The number of amides is 4. The Balaban J connectivity index is 1.27. The Bertz CT molecular complexity index is 1590. The normalized spacial score (nSPS) is 19.1. The number of fused-ring (bicyclic) bond motifs is 1. The van der Waals surface area contributed by atoms with Crippen molar-refractivity contribution in [2.75, 3.05) is 43.1 Å². The van der Waals surface area contributed by atoms with Crippen LogP contribution in [0, 0.1) is 5.92 Å². The maximum absolute atomic E-state index is 13.6. The fourth-order valence-electron chi connectivity index (χ4n) is 6.57. The van der Waals surface area contributed by atoms with Gasteiger partial charge >= 0.3 is 6.03 Å². The minimum absolute atomic E-state index is 0.0538. The van der Waals surface area contributed by atoms with Gasteiger partial charge in [-0.25, -0.2) is 4.79 Å². The van der Waals surface area contributed by atoms with E-state index in [-0.39, 0.29) is 55.0 Å². The number of nitrogens with two attached hydrogens (primary N) is 1. The lowest BCUT2D eigenvalue weighted by molar-refractivity contribution is -0.134. The van der Waals surface area contributed by atoms with Crippen molar-refractivity contribution in [3.63, 3.8) is 0 Å². The third-order valence-electron chi connectivity index (χ3n) is 9.48. The van der Waals surface area contributed by atoms with Gasteiger partial charge in [0.15, 0.2) is 0 Å². The highest BCUT2D eigenvalue weighted by Crippen LogP contribution is 2.30. The lowest BCUT2D eigenvalue weighted by Crippen LogP contribution is -2.47. The Morgan fingerprint density at radius 1 is 1.04 bits per heavy atom. The molecule has 0 spiro atoms. The SMILES string of the molecule is C[C@H]1CN([C@@H](C)CO)C(=O)Cc2cc(NC(=O)NC3CCCCC3)ccc2O[C@@H]1CN(C)Cc1ccc(C(=O)Nc2ccccc2N)cc1. The first-order valence-electron chi connectivity index (χ1n) is 17.3. The number of ether oxygens (including phenoxy) is 1. The van der Waals surface area contributed by atoms with Gasteiger partial charge in [-0.1, -0.05) is 50.5 Å². The first-order chi connectivity index (χ1) is 23.6. The zero-order valence-electron chi connectivity index (χ0n) is 28.8. The highest BCUT2D eigenvalue weighted by Gasteiger charge is 2.31. The van der Waals surface area contributed by atoms with Crippen molar-refractivity contribution >= 4 is 34.9 Å². The van der Waals surface area contributed by atoms with Gasteiger partial charge in [0, 0.05) is 48.4 Å². The number of carbonyl (C=O) groups excluding carboxylic acids is 3. The van der Waals surface area contributed by atoms with Crippen LogP contribution in [0.4, 0.5) is 21.9 Å². The molecule has 5 rings (SSSR count). The number of urea groups is 1. The summed E-state index contributed by atoms with van der Waals surface area (Å²) < 4.78 is 6.67. The number of nitrogen functional groups attached to an aromatic ring is 1. The van der Waals surface area contributed by atoms with Crippen molar-refractivity contribution in [2.45, 2.75) is 77.1 Å². The first-order valence-corrected chi connectivity index (χ1v) is 17.3. The van der Waals surface area contributed by atoms with E-state index >= 15 is 0 Å². The van der Waals surface area contributed by atoms with E-state index in [1.807, 2.05) is 56.4 Å². The summed E-state index contributed by atoms with van der Waals surface area (Å²) in [4.78, 5) is 43.1. The van der Waals surface area contributed by atoms with Crippen LogP contribution in [0.2, 0.25) is 0 Å². The van der Waals surface area contributed by atoms with Crippen molar-refractivity contribution in [2.24, 2.45) is 5.92 Å². The number of rotatable bonds is 10. The lowest BCUT2D eigenvalue weighted by atomic mass is 9.96. The summed E-state index contributed by atoms with van der Waals surface area (Å²) in [5.41, 5.74) is 9.89. The number of likely N-dealkylation sites (N-methyl/N-ethyl adjacent to an activating group) is 1. The largest absolute Gasteiger partial charge is 0.488 e. The van der Waals surface area contributed by atoms with Gasteiger partial charge in [-0.3, -0.25) is 14.5 Å². The quantitative estimate of drug-likeness (QED) is 0.185. The number of aliphatic hydroxyl groups is 1. The number of anilines is 3. The molecule has 4 amide bonds. The molecule has 0 saturated heterocycles. The lowest BCUT2D eigenvalue weighted by Gasteiger charge is -2.34. The first kappa shape index (κ1) is 35.7. The maximum Gasteiger partial charge on any atom is 0.319 e. The number of hydrogen-bond donors (Lipinski definition) is 5. The Morgan fingerprint density at radius 3 is 2.49 bits per heavy atom. The molecule has 0 unspecified atom stereocenters. The minimum atomic E-state index is -0.355. The Morgan fingerprint density at radius 2 is 1.78 bits per heavy atom. The molecule has 2 aliphatic rings. The zero-order chi connectivity index (χ0) is 34.9. The summed E-state index contributed by atoms with van der Waals surface area (Å²) >= 11 is 0. The van der Waals surface area contributed by atoms with E-state index in [0.717, 1.165) is 31.2 Å². The molecular formula is C38H50N6O5. The second-order valence-corrected chi connectivity index (χ2v) is 13.6. The molecule has 11 nitrogen and oxygen atoms in total. The van der Waals surface area contributed by atoms with Crippen molar-refractivity contribution in [3.05, 3.63) is 83.4 Å². The van der Waals surface area contributed by atoms with Crippen molar-refractivity contribution in [3.8, 4) is 5.75 Å². The van der Waals surface area contributed by atoms with E-state index in [1.165, 1.54) is 6.42 Å². The van der Waals surface area contributed by atoms with Crippen molar-refractivity contribution in [1.29, 1.82) is 0 Å². The van der Waals surface area contributed by atoms with E-state index in [9.17, 15) is 19.5 Å². The van der Waals surface area contributed by atoms with Crippen molar-refractivity contribution < 1.29 is 24.2 Å². The molecule has 1 fully saturated rings. The van der Waals surface area contributed by atoms with Crippen LogP contribution in [0.1, 0.15) is 67.4 Å². The fraction of sp³-hybridized carbons (Fsp3) is 0.447. The van der Waals surface area contributed by atoms with Gasteiger partial charge in [0.2, 0.25) is 5.91 Å². The highest BCUT2D eigenvalue weighted by atomic mass is 16.5. The summed E-state index contributed by atoms with van der Waals surface area (Å²) in [5, 5.41) is 18.9. The van der Waals surface area contributed by atoms with Crippen LogP contribution in [-0.2, 0) is 17.8 Å². The molecule has 262 valence electrons. The summed E-state index contributed by atoms with van der Waals surface area (Å²) in [6.07, 6.45) is 5.23. The van der Waals surface area contributed by atoms with Gasteiger partial charge in [0.05, 0.1) is 30.4 Å². The molecule has 0 bridgehead atoms. The van der Waals surface area contributed by atoms with Crippen molar-refractivity contribution in [1.82, 2.24) is 15.1 Å². The molecular weight excluding hydrogens is 620 g/mol. The second-order valence-electron chi connectivity index (χ2n) is 13.6. The number of para-hydroxylation sites is 2. The third-order valence-corrected chi connectivity index (χ3v) is 9.48. The fourth-order valence-corrected chi connectivity index (χ4v) is 6.57. The molecule has 1 saturated carbocycles. The molecule has 3 aromatic carbocycles. The van der Waals surface area contributed by atoms with Gasteiger partial charge in [0.1, 0.15) is 11.9 Å². The van der Waals surface area contributed by atoms with Crippen LogP contribution in [0.5, 0.6) is 5.75 Å². The Hall–Kier alpha value is -4.61. The van der Waals surface area contributed by atoms with Crippen LogP contribution in [-0.4, -0.2) is 77.7 Å². The van der Waals surface area contributed by atoms with Gasteiger partial charge in [0.25, 0.3) is 5.91 Å². The van der Waals surface area contributed by atoms with Crippen LogP contribution in [0.3, 0.4) is 0 Å². The average molecular weight is 671 g/mol. The second kappa shape index (κ2) is 16.7. The molecule has 3 aromatic rings. The van der Waals surface area contributed by atoms with Gasteiger partial charge in [-0.2, -0.15) is 0 Å². The highest BCUT2D eigenvalue weighted by molar-refractivity contribution is 6.05. The number of benzene rings is 3. The zero-order valence-corrected chi connectivity index (χ0v) is 28.8. The standard InChI is InChI=1S/C38H50N6O5/c1-25-21-44(26(2)24-45)36(46)20-29-19-31(41-38(48)40-30-9-5-4-6-10-30)17-18-34(29)49-35(25)23-43(3)22-27-13-15-28(16-14-27)37(47)42-33-12-8-7-11-32(33)39/h7-8,11-19,25-26,30,35,45H,4-6,9-10,20-24,39H2,1-3H3,(H,42,47)(H2,40,41,48)/t25-,26-,35+/m0/s1. The Kier molecular flexibility index (Phi) is 12.1. The third kappa shape index (κ3) is 9.73. The predicted molar refractivity (Wildman–Crippen MR) is 193 cm³/mol. The summed E-state index contributed by atoms with van der Waals surface area (Å²) in [5.74, 6) is 0.213. The molecule has 6 N–H and O–H groups in total. The summed E-state index contributed by atoms with van der Waals surface area (Å²) in [6.45, 7) is 5.37. The number of nitrogens with zero attached hydrogens (tertiary/aromatic N) is 2. The van der Waals surface area contributed by atoms with Gasteiger partial charge in [-0.05, 0) is 74.8 Å². The average Bonchev–Trinajstić information content (AvgIpc) is 3.13. The predicted octanol–water partition coefficient (Wildman–Crippen LogP) is 5.26. The Labute approximate surface area is 289 Å². The summed E-state index contributed by atoms with van der Waals surface area (Å²) in [6, 6.07) is 19.6. The summed E-state index contributed by atoms with van der Waals surface area (Å²) in [7, 11) is 2.01. The molecule has 49 heavy (non-hydrogen) atoms. The molecule has 1 aliphatic carbocycles. The molecule has 0 radical (unpaired) electrons. The molecule has 3 atom stereocenters. The van der Waals surface area contributed by atoms with E-state index in [2.05, 4.69) is 27.8 Å². The smallest absolute Gasteiger partial charge is 0.319 e. The topological polar surface area (TPSA) is 149 Å². The monoisotopic (exact) mass is 670 g/mol. The van der Waals surface area contributed by atoms with Crippen LogP contribution in [0.25, 0.3) is 0 Å². The maximum atomic E-state index is 13.6. The number of carbonyl (C=O) groups is 3. The van der Waals surface area contributed by atoms with Gasteiger partial charge in [-0.15, -0.1) is 0 Å². The minimum Gasteiger partial charge on any atom is -0.488 e. The molecule has 1 heterocycles. The molecule has 1 aliphatic heterocycles. The number of aliphatic hydroxyl groups excluding tert-OH is 1. The van der Waals surface area contributed by atoms with E-state index in [1.54, 1.807) is 29.2 Å². The van der Waals surface area contributed by atoms with Crippen LogP contribution >= 0.6 is 0 Å². The van der Waals surface area contributed by atoms with E-state index in [4.69, 9.17) is 10.5 Å². The number of hydrogen-bond acceptors (Lipinski definition) is 7. The van der Waals surface area contributed by atoms with E-state index < -0.39 is 0 Å². The van der Waals surface area contributed by atoms with E-state index in [0.29, 0.717) is 53.6 Å². The number of nitrogens with one attached hydrogen (secondary N) is 3. The van der Waals surface area contributed by atoms with Crippen LogP contribution < -0.4 is 26.4 Å².